The van der Waals surface area contributed by atoms with Crippen molar-refractivity contribution in [2.24, 2.45) is 34.0 Å². The molecule has 0 aromatic heterocycles. The van der Waals surface area contributed by atoms with Gasteiger partial charge in [0, 0.05) is 6.54 Å². The van der Waals surface area contributed by atoms with Crippen molar-refractivity contribution >= 4 is 41.4 Å². The summed E-state index contributed by atoms with van der Waals surface area (Å²) in [6.45, 7) is 7.20. The highest BCUT2D eigenvalue weighted by atomic mass is 32.2. The zero-order valence-electron chi connectivity index (χ0n) is 20.7. The van der Waals surface area contributed by atoms with E-state index in [4.69, 9.17) is 17.2 Å². The molecule has 12 nitrogen and oxygen atoms in total. The van der Waals surface area contributed by atoms with Gasteiger partial charge in [-0.25, -0.2) is 4.79 Å². The average molecular weight is 504 g/mol. The summed E-state index contributed by atoms with van der Waals surface area (Å²) in [6.07, 6.45) is 2.96. The third kappa shape index (κ3) is 12.1. The predicted octanol–water partition coefficient (Wildman–Crippen LogP) is -1.03. The van der Waals surface area contributed by atoms with E-state index in [2.05, 4.69) is 20.9 Å². The Morgan fingerprint density at radius 3 is 1.91 bits per heavy atom. The van der Waals surface area contributed by atoms with Gasteiger partial charge in [0.1, 0.15) is 18.1 Å². The number of carbonyl (C=O) groups is 4. The van der Waals surface area contributed by atoms with E-state index >= 15 is 0 Å². The summed E-state index contributed by atoms with van der Waals surface area (Å²) in [4.78, 5) is 53.6. The lowest BCUT2D eigenvalue weighted by molar-refractivity contribution is -0.143. The van der Waals surface area contributed by atoms with Crippen molar-refractivity contribution in [3.63, 3.8) is 0 Å². The monoisotopic (exact) mass is 503 g/mol. The number of thioether (sulfide) groups is 1. The van der Waals surface area contributed by atoms with Crippen LogP contribution in [0.3, 0.4) is 0 Å². The molecule has 0 heterocycles. The molecule has 4 atom stereocenters. The summed E-state index contributed by atoms with van der Waals surface area (Å²) >= 11 is 1.49. The maximum atomic E-state index is 13.0. The lowest BCUT2D eigenvalue weighted by atomic mass is 10.0. The molecule has 0 fully saturated rings. The van der Waals surface area contributed by atoms with Crippen LogP contribution in [0.4, 0.5) is 0 Å². The number of amides is 3. The second-order valence-electron chi connectivity index (χ2n) is 8.70. The summed E-state index contributed by atoms with van der Waals surface area (Å²) in [7, 11) is 0. The van der Waals surface area contributed by atoms with E-state index in [0.717, 1.165) is 0 Å². The molecule has 0 aliphatic heterocycles. The molecule has 10 N–H and O–H groups in total. The molecule has 0 aromatic rings. The van der Waals surface area contributed by atoms with Crippen LogP contribution in [-0.2, 0) is 19.2 Å². The molecule has 0 spiro atoms. The van der Waals surface area contributed by atoms with Crippen LogP contribution in [0.15, 0.2) is 4.99 Å². The van der Waals surface area contributed by atoms with E-state index in [9.17, 15) is 24.3 Å². The number of carbonyl (C=O) groups excluding carboxylic acids is 3. The minimum Gasteiger partial charge on any atom is -0.480 e. The average Bonchev–Trinajstić information content (AvgIpc) is 2.74. The standard InChI is InChI=1S/C21H41N7O5S/c1-11(2)15(27-17(29)13(22)7-6-9-25-21(23)24)19(31)26-14(8-10-34-5)18(30)28-16(12(3)4)20(32)33/h11-16H,6-10,22H2,1-5H3,(H,26,31)(H,27,29)(H,28,30)(H,32,33)(H4,23,24,25). The van der Waals surface area contributed by atoms with Gasteiger partial charge in [0.15, 0.2) is 5.96 Å². The van der Waals surface area contributed by atoms with Crippen LogP contribution in [0.25, 0.3) is 0 Å². The molecule has 0 saturated heterocycles. The first kappa shape index (κ1) is 31.5. The number of aliphatic imine (C=N–C) groups is 1. The largest absolute Gasteiger partial charge is 0.480 e. The van der Waals surface area contributed by atoms with Crippen LogP contribution in [0.1, 0.15) is 47.0 Å². The molecule has 34 heavy (non-hydrogen) atoms. The van der Waals surface area contributed by atoms with Gasteiger partial charge in [-0.1, -0.05) is 27.7 Å². The Kier molecular flexibility index (Phi) is 14.9. The number of aliphatic carboxylic acids is 1. The fourth-order valence-corrected chi connectivity index (χ4v) is 3.45. The molecule has 0 aliphatic carbocycles. The Morgan fingerprint density at radius 1 is 0.882 bits per heavy atom. The van der Waals surface area contributed by atoms with Gasteiger partial charge < -0.3 is 38.3 Å². The molecule has 0 bridgehead atoms. The molecule has 4 unspecified atom stereocenters. The summed E-state index contributed by atoms with van der Waals surface area (Å²) < 4.78 is 0. The van der Waals surface area contributed by atoms with Crippen molar-refractivity contribution < 1.29 is 24.3 Å². The molecule has 0 aromatic carbocycles. The van der Waals surface area contributed by atoms with Crippen LogP contribution >= 0.6 is 11.8 Å². The molecule has 13 heteroatoms. The van der Waals surface area contributed by atoms with E-state index in [-0.39, 0.29) is 17.8 Å². The molecular formula is C21H41N7O5S. The Balaban J connectivity index is 5.26. The minimum atomic E-state index is -1.15. The zero-order chi connectivity index (χ0) is 26.4. The first-order chi connectivity index (χ1) is 15.8. The summed E-state index contributed by atoms with van der Waals surface area (Å²) in [5.74, 6) is -2.90. The summed E-state index contributed by atoms with van der Waals surface area (Å²) in [5, 5.41) is 17.2. The third-order valence-electron chi connectivity index (χ3n) is 5.03. The van der Waals surface area contributed by atoms with Crippen molar-refractivity contribution in [2.75, 3.05) is 18.6 Å². The van der Waals surface area contributed by atoms with E-state index in [1.807, 2.05) is 6.26 Å². The number of nitrogens with zero attached hydrogens (tertiary/aromatic N) is 1. The number of nitrogens with two attached hydrogens (primary N) is 3. The maximum absolute atomic E-state index is 13.0. The van der Waals surface area contributed by atoms with Crippen molar-refractivity contribution in [3.8, 4) is 0 Å². The predicted molar refractivity (Wildman–Crippen MR) is 134 cm³/mol. The number of carboxylic acid groups (broad SMARTS) is 1. The van der Waals surface area contributed by atoms with Gasteiger partial charge in [0.25, 0.3) is 0 Å². The lowest BCUT2D eigenvalue weighted by Crippen LogP contribution is -2.58. The van der Waals surface area contributed by atoms with Gasteiger partial charge in [0.2, 0.25) is 17.7 Å². The minimum absolute atomic E-state index is 0.0438. The molecule has 0 aliphatic rings. The molecule has 196 valence electrons. The number of hydrogen-bond acceptors (Lipinski definition) is 7. The molecular weight excluding hydrogens is 462 g/mol. The smallest absolute Gasteiger partial charge is 0.326 e. The van der Waals surface area contributed by atoms with Crippen molar-refractivity contribution in [1.29, 1.82) is 0 Å². The van der Waals surface area contributed by atoms with Gasteiger partial charge in [-0.15, -0.1) is 0 Å². The van der Waals surface area contributed by atoms with Gasteiger partial charge in [-0.3, -0.25) is 19.4 Å². The Morgan fingerprint density at radius 2 is 1.44 bits per heavy atom. The molecule has 0 saturated carbocycles. The first-order valence-electron chi connectivity index (χ1n) is 11.3. The molecule has 0 radical (unpaired) electrons. The second-order valence-corrected chi connectivity index (χ2v) is 9.68. The van der Waals surface area contributed by atoms with Crippen LogP contribution < -0.4 is 33.2 Å². The number of hydrogen-bond donors (Lipinski definition) is 7. The van der Waals surface area contributed by atoms with Crippen LogP contribution in [0.2, 0.25) is 0 Å². The van der Waals surface area contributed by atoms with E-state index < -0.39 is 47.9 Å². The Labute approximate surface area is 205 Å². The quantitative estimate of drug-likeness (QED) is 0.0777. The van der Waals surface area contributed by atoms with Crippen molar-refractivity contribution in [2.45, 2.75) is 71.1 Å². The third-order valence-corrected chi connectivity index (χ3v) is 5.67. The van der Waals surface area contributed by atoms with Gasteiger partial charge in [0.05, 0.1) is 6.04 Å². The lowest BCUT2D eigenvalue weighted by Gasteiger charge is -2.27. The Bertz CT molecular complexity index is 714. The highest BCUT2D eigenvalue weighted by Gasteiger charge is 2.32. The summed E-state index contributed by atoms with van der Waals surface area (Å²) in [6, 6.07) is -3.83. The topological polar surface area (TPSA) is 215 Å². The number of nitrogens with one attached hydrogen (secondary N) is 3. The Hall–Kier alpha value is -2.54. The zero-order valence-corrected chi connectivity index (χ0v) is 21.5. The van der Waals surface area contributed by atoms with Crippen molar-refractivity contribution in [3.05, 3.63) is 0 Å². The van der Waals surface area contributed by atoms with Crippen LogP contribution in [0, 0.1) is 11.8 Å². The SMILES string of the molecule is CSCCC(NC(=O)C(NC(=O)C(N)CCCN=C(N)N)C(C)C)C(=O)NC(C(=O)O)C(C)C. The fourth-order valence-electron chi connectivity index (χ4n) is 2.98. The van der Waals surface area contributed by atoms with Gasteiger partial charge in [-0.2, -0.15) is 11.8 Å². The van der Waals surface area contributed by atoms with Crippen LogP contribution in [-0.4, -0.2) is 77.5 Å². The number of carboxylic acids is 1. The highest BCUT2D eigenvalue weighted by molar-refractivity contribution is 7.98. The summed E-state index contributed by atoms with van der Waals surface area (Å²) in [5.41, 5.74) is 16.5. The molecule has 3 amide bonds. The van der Waals surface area contributed by atoms with Gasteiger partial charge >= 0.3 is 5.97 Å². The van der Waals surface area contributed by atoms with Crippen LogP contribution in [0.5, 0.6) is 0 Å². The van der Waals surface area contributed by atoms with E-state index in [1.54, 1.807) is 27.7 Å². The second kappa shape index (κ2) is 16.1. The normalized spacial score (nSPS) is 14.6. The number of rotatable bonds is 16. The number of guanidine groups is 1. The fraction of sp³-hybridized carbons (Fsp3) is 0.762. The maximum Gasteiger partial charge on any atom is 0.326 e. The molecule has 0 rings (SSSR count). The van der Waals surface area contributed by atoms with Crippen molar-refractivity contribution in [1.82, 2.24) is 16.0 Å². The first-order valence-corrected chi connectivity index (χ1v) is 12.6. The van der Waals surface area contributed by atoms with E-state index in [0.29, 0.717) is 31.6 Å². The highest BCUT2D eigenvalue weighted by Crippen LogP contribution is 2.09. The van der Waals surface area contributed by atoms with Gasteiger partial charge in [-0.05, 0) is 43.1 Å². The van der Waals surface area contributed by atoms with E-state index in [1.165, 1.54) is 11.8 Å².